The van der Waals surface area contributed by atoms with Crippen molar-refractivity contribution < 1.29 is 10.0 Å². The van der Waals surface area contributed by atoms with Gasteiger partial charge in [0.2, 0.25) is 0 Å². The molecule has 0 aromatic carbocycles. The van der Waals surface area contributed by atoms with Crippen LogP contribution in [0.1, 0.15) is 30.3 Å². The van der Waals surface area contributed by atoms with Crippen molar-refractivity contribution in [1.82, 2.24) is 15.5 Å². The number of nitrogens with two attached hydrogens (primary N) is 1. The molecule has 1 aromatic rings. The number of oxime groups is 1. The zero-order chi connectivity index (χ0) is 12.0. The number of H-pyrrole nitrogens is 1. The molecule has 1 rings (SSSR count). The summed E-state index contributed by atoms with van der Waals surface area (Å²) in [6.07, 6.45) is 2.50. The van der Waals surface area contributed by atoms with Crippen LogP contribution in [-0.2, 0) is 0 Å². The van der Waals surface area contributed by atoms with E-state index >= 15 is 0 Å². The Bertz CT molecular complexity index is 360. The lowest BCUT2D eigenvalue weighted by atomic mass is 10.1. The second kappa shape index (κ2) is 5.74. The molecule has 0 spiro atoms. The monoisotopic (exact) mass is 225 g/mol. The molecule has 1 atom stereocenters. The molecule has 1 amide bonds. The first-order chi connectivity index (χ1) is 7.67. The quantitative estimate of drug-likeness (QED) is 0.245. The number of amidine groups is 1. The Balaban J connectivity index is 2.54. The molecule has 5 N–H and O–H groups in total. The molecule has 0 aliphatic rings. The number of carbonyl (C=O) groups is 1. The van der Waals surface area contributed by atoms with Gasteiger partial charge in [0.15, 0.2) is 0 Å². The molecule has 0 radical (unpaired) electrons. The molecule has 7 nitrogen and oxygen atoms in total. The molecule has 1 aromatic heterocycles. The summed E-state index contributed by atoms with van der Waals surface area (Å²) >= 11 is 0. The average Bonchev–Trinajstić information content (AvgIpc) is 2.81. The maximum atomic E-state index is 11.6. The van der Waals surface area contributed by atoms with E-state index in [1.54, 1.807) is 6.07 Å². The topological polar surface area (TPSA) is 116 Å². The van der Waals surface area contributed by atoms with Crippen LogP contribution in [0.25, 0.3) is 0 Å². The van der Waals surface area contributed by atoms with Crippen LogP contribution in [0.2, 0.25) is 0 Å². The minimum Gasteiger partial charge on any atom is -0.409 e. The highest BCUT2D eigenvalue weighted by Gasteiger charge is 2.14. The van der Waals surface area contributed by atoms with Gasteiger partial charge in [0.25, 0.3) is 5.91 Å². The van der Waals surface area contributed by atoms with Gasteiger partial charge in [-0.15, -0.1) is 0 Å². The van der Waals surface area contributed by atoms with Crippen molar-refractivity contribution in [2.75, 3.05) is 0 Å². The second-order valence-electron chi connectivity index (χ2n) is 3.34. The lowest BCUT2D eigenvalue weighted by Gasteiger charge is -2.15. The number of hydrogen-bond donors (Lipinski definition) is 4. The van der Waals surface area contributed by atoms with Gasteiger partial charge in [0.05, 0.1) is 0 Å². The van der Waals surface area contributed by atoms with Crippen molar-refractivity contribution in [3.8, 4) is 0 Å². The Hall–Kier alpha value is -2.05. The van der Waals surface area contributed by atoms with E-state index in [1.807, 2.05) is 6.92 Å². The van der Waals surface area contributed by atoms with Gasteiger partial charge < -0.3 is 16.3 Å². The van der Waals surface area contributed by atoms with E-state index in [9.17, 15) is 4.79 Å². The number of amides is 1. The summed E-state index contributed by atoms with van der Waals surface area (Å²) in [5.41, 5.74) is 5.76. The molecule has 0 aliphatic heterocycles. The van der Waals surface area contributed by atoms with Crippen molar-refractivity contribution in [2.24, 2.45) is 10.9 Å². The molecular weight excluding hydrogens is 210 g/mol. The summed E-state index contributed by atoms with van der Waals surface area (Å²) in [6, 6.07) is 1.41. The van der Waals surface area contributed by atoms with Crippen LogP contribution in [0, 0.1) is 0 Å². The number of carbonyl (C=O) groups excluding carboxylic acids is 1. The summed E-state index contributed by atoms with van der Waals surface area (Å²) in [4.78, 5) is 11.6. The van der Waals surface area contributed by atoms with E-state index < -0.39 is 0 Å². The Labute approximate surface area is 92.7 Å². The summed E-state index contributed by atoms with van der Waals surface area (Å²) in [5, 5.41) is 20.3. The lowest BCUT2D eigenvalue weighted by Crippen LogP contribution is -2.37. The fraction of sp³-hybridized carbons (Fsp3) is 0.444. The van der Waals surface area contributed by atoms with Gasteiger partial charge in [-0.25, -0.2) is 0 Å². The zero-order valence-electron chi connectivity index (χ0n) is 8.97. The first-order valence-electron chi connectivity index (χ1n) is 4.94. The Morgan fingerprint density at radius 3 is 3.06 bits per heavy atom. The Morgan fingerprint density at radius 1 is 1.81 bits per heavy atom. The highest BCUT2D eigenvalue weighted by atomic mass is 16.4. The number of nitrogens with one attached hydrogen (secondary N) is 2. The van der Waals surface area contributed by atoms with Gasteiger partial charge in [0, 0.05) is 18.7 Å². The fourth-order valence-corrected chi connectivity index (χ4v) is 1.24. The molecule has 0 saturated carbocycles. The molecule has 0 fully saturated rings. The van der Waals surface area contributed by atoms with Gasteiger partial charge in [-0.1, -0.05) is 12.1 Å². The first kappa shape index (κ1) is 12.0. The second-order valence-corrected chi connectivity index (χ2v) is 3.34. The molecule has 88 valence electrons. The predicted molar refractivity (Wildman–Crippen MR) is 58.2 cm³/mol. The van der Waals surface area contributed by atoms with E-state index in [0.29, 0.717) is 18.5 Å². The van der Waals surface area contributed by atoms with Crippen LogP contribution < -0.4 is 11.1 Å². The maximum Gasteiger partial charge on any atom is 0.269 e. The van der Waals surface area contributed by atoms with E-state index in [-0.39, 0.29) is 17.8 Å². The van der Waals surface area contributed by atoms with E-state index in [1.165, 1.54) is 6.20 Å². The summed E-state index contributed by atoms with van der Waals surface area (Å²) < 4.78 is 0. The van der Waals surface area contributed by atoms with E-state index in [0.717, 1.165) is 0 Å². The van der Waals surface area contributed by atoms with Gasteiger partial charge >= 0.3 is 0 Å². The normalized spacial score (nSPS) is 13.4. The van der Waals surface area contributed by atoms with E-state index in [2.05, 4.69) is 20.7 Å². The Kier molecular flexibility index (Phi) is 4.31. The fourth-order valence-electron chi connectivity index (χ4n) is 1.24. The predicted octanol–water partition coefficient (Wildman–Crippen LogP) is 0.0546. The summed E-state index contributed by atoms with van der Waals surface area (Å²) in [5.74, 6) is -0.160. The molecular formula is C9H15N5O2. The van der Waals surface area contributed by atoms with Crippen molar-refractivity contribution in [3.05, 3.63) is 18.0 Å². The number of rotatable bonds is 5. The highest BCUT2D eigenvalue weighted by molar-refractivity contribution is 5.92. The number of nitrogens with zero attached hydrogens (tertiary/aromatic N) is 2. The van der Waals surface area contributed by atoms with Gasteiger partial charge in [-0.2, -0.15) is 5.10 Å². The number of aromatic nitrogens is 2. The molecule has 16 heavy (non-hydrogen) atoms. The standard InChI is InChI=1S/C9H15N5O2/c1-2-6(5-8(10)14-16)12-9(15)7-3-4-11-13-7/h3-4,6,16H,2,5H2,1H3,(H2,10,14)(H,11,13)(H,12,15). The number of aromatic amines is 1. The molecule has 0 aliphatic carbocycles. The third-order valence-corrected chi connectivity index (χ3v) is 2.16. The summed E-state index contributed by atoms with van der Waals surface area (Å²) in [6.45, 7) is 1.91. The number of hydrogen-bond acceptors (Lipinski definition) is 4. The third kappa shape index (κ3) is 3.26. The van der Waals surface area contributed by atoms with Gasteiger partial charge in [-0.05, 0) is 12.5 Å². The highest BCUT2D eigenvalue weighted by Crippen LogP contribution is 2.00. The van der Waals surface area contributed by atoms with Gasteiger partial charge in [0.1, 0.15) is 11.5 Å². The zero-order valence-corrected chi connectivity index (χ0v) is 8.97. The SMILES string of the molecule is CCC(CC(N)=NO)NC(=O)c1ccn[nH]1. The third-order valence-electron chi connectivity index (χ3n) is 2.16. The summed E-state index contributed by atoms with van der Waals surface area (Å²) in [7, 11) is 0. The van der Waals surface area contributed by atoms with Crippen molar-refractivity contribution in [3.63, 3.8) is 0 Å². The molecule has 0 bridgehead atoms. The maximum absolute atomic E-state index is 11.6. The largest absolute Gasteiger partial charge is 0.409 e. The van der Waals surface area contributed by atoms with Crippen molar-refractivity contribution in [2.45, 2.75) is 25.8 Å². The Morgan fingerprint density at radius 2 is 2.56 bits per heavy atom. The van der Waals surface area contributed by atoms with Crippen molar-refractivity contribution in [1.29, 1.82) is 0 Å². The minimum absolute atomic E-state index is 0.0942. The van der Waals surface area contributed by atoms with Gasteiger partial charge in [-0.3, -0.25) is 9.89 Å². The smallest absolute Gasteiger partial charge is 0.269 e. The van der Waals surface area contributed by atoms with Crippen LogP contribution in [0.3, 0.4) is 0 Å². The van der Waals surface area contributed by atoms with Crippen LogP contribution in [0.5, 0.6) is 0 Å². The lowest BCUT2D eigenvalue weighted by molar-refractivity contribution is 0.0932. The van der Waals surface area contributed by atoms with Crippen LogP contribution in [-0.4, -0.2) is 33.2 Å². The first-order valence-corrected chi connectivity index (χ1v) is 4.94. The van der Waals surface area contributed by atoms with Crippen LogP contribution >= 0.6 is 0 Å². The molecule has 7 heteroatoms. The molecule has 0 saturated heterocycles. The minimum atomic E-state index is -0.255. The van der Waals surface area contributed by atoms with Crippen LogP contribution in [0.15, 0.2) is 17.4 Å². The van der Waals surface area contributed by atoms with Crippen molar-refractivity contribution >= 4 is 11.7 Å². The average molecular weight is 225 g/mol. The van der Waals surface area contributed by atoms with E-state index in [4.69, 9.17) is 10.9 Å². The molecule has 1 heterocycles. The molecule has 1 unspecified atom stereocenters. The van der Waals surface area contributed by atoms with Crippen LogP contribution in [0.4, 0.5) is 0 Å².